The summed E-state index contributed by atoms with van der Waals surface area (Å²) in [5.74, 6) is 7.16. The molecular weight excluding hydrogens is 338 g/mol. The summed E-state index contributed by atoms with van der Waals surface area (Å²) in [5.41, 5.74) is 12.4. The van der Waals surface area contributed by atoms with Crippen LogP contribution in [0.5, 0.6) is 0 Å². The number of benzene rings is 1. The number of rotatable bonds is 8. The van der Waals surface area contributed by atoms with Crippen molar-refractivity contribution >= 4 is 24.1 Å². The normalized spacial score (nSPS) is 10.2. The first-order valence-corrected chi connectivity index (χ1v) is 8.00. The van der Waals surface area contributed by atoms with Gasteiger partial charge in [-0.05, 0) is 12.0 Å². The second-order valence-corrected chi connectivity index (χ2v) is 4.47. The fourth-order valence-corrected chi connectivity index (χ4v) is 1.64. The van der Waals surface area contributed by atoms with Crippen LogP contribution in [0.25, 0.3) is 0 Å². The number of carbonyl (C=O) groups excluding carboxylic acids is 1. The minimum Gasteiger partial charge on any atom is -0.481 e. The van der Waals surface area contributed by atoms with E-state index in [9.17, 15) is 9.59 Å². The number of nitrogens with zero attached hydrogens (tertiary/aromatic N) is 2. The topological polar surface area (TPSA) is 195 Å². The zero-order chi connectivity index (χ0) is 20.4. The smallest absolute Gasteiger partial charge is 0.303 e. The van der Waals surface area contributed by atoms with Gasteiger partial charge in [-0.3, -0.25) is 21.3 Å². The summed E-state index contributed by atoms with van der Waals surface area (Å²) in [5, 5.41) is 18.4. The standard InChI is InChI=1S/C14H19N5O3.C2H6.H4N2/c15-9-18-19-14(16)11-6-4-10(5-7-11)8-17-12(20)2-1-3-13(21)22;2*1-2/h4-7,9H,1-3,8H2,(H2,15,18)(H2,16,19)(H,17,20)(H,21,22);1-2H3;1-2H2. The van der Waals surface area contributed by atoms with Crippen LogP contribution >= 0.6 is 0 Å². The molecule has 0 heterocycles. The highest BCUT2D eigenvalue weighted by Gasteiger charge is 2.04. The molecule has 10 N–H and O–H groups in total. The molecule has 0 atom stereocenters. The molecule has 0 fully saturated rings. The molecule has 0 saturated heterocycles. The molecule has 0 aliphatic carbocycles. The van der Waals surface area contributed by atoms with Gasteiger partial charge in [-0.25, -0.2) is 0 Å². The molecule has 0 bridgehead atoms. The van der Waals surface area contributed by atoms with Crippen LogP contribution in [0.3, 0.4) is 0 Å². The Morgan fingerprint density at radius 1 is 1.15 bits per heavy atom. The summed E-state index contributed by atoms with van der Waals surface area (Å²) >= 11 is 0. The average molecular weight is 367 g/mol. The monoisotopic (exact) mass is 367 g/mol. The summed E-state index contributed by atoms with van der Waals surface area (Å²) in [6.45, 7) is 4.37. The molecule has 146 valence electrons. The van der Waals surface area contributed by atoms with Gasteiger partial charge >= 0.3 is 5.97 Å². The number of amidine groups is 1. The van der Waals surface area contributed by atoms with Gasteiger partial charge in [0, 0.05) is 24.9 Å². The largest absolute Gasteiger partial charge is 0.481 e. The minimum absolute atomic E-state index is 0.00793. The Bertz CT molecular complexity index is 572. The first-order valence-electron chi connectivity index (χ1n) is 8.00. The zero-order valence-corrected chi connectivity index (χ0v) is 15.2. The Morgan fingerprint density at radius 2 is 1.73 bits per heavy atom. The van der Waals surface area contributed by atoms with Gasteiger partial charge < -0.3 is 21.9 Å². The van der Waals surface area contributed by atoms with Crippen molar-refractivity contribution in [2.24, 2.45) is 33.4 Å². The lowest BCUT2D eigenvalue weighted by molar-refractivity contribution is -0.137. The molecule has 1 amide bonds. The van der Waals surface area contributed by atoms with Gasteiger partial charge in [-0.2, -0.15) is 0 Å². The fourth-order valence-electron chi connectivity index (χ4n) is 1.64. The first kappa shape index (κ1) is 25.3. The number of nitrogens with one attached hydrogen (secondary N) is 1. The predicted molar refractivity (Wildman–Crippen MR) is 103 cm³/mol. The molecule has 1 aromatic rings. The molecule has 10 nitrogen and oxygen atoms in total. The van der Waals surface area contributed by atoms with Gasteiger partial charge in [0.05, 0.1) is 0 Å². The Labute approximate surface area is 153 Å². The second-order valence-electron chi connectivity index (χ2n) is 4.47. The highest BCUT2D eigenvalue weighted by molar-refractivity contribution is 5.97. The summed E-state index contributed by atoms with van der Waals surface area (Å²) in [6, 6.07) is 7.14. The third-order valence-electron chi connectivity index (χ3n) is 2.77. The quantitative estimate of drug-likeness (QED) is 0.161. The van der Waals surface area contributed by atoms with Crippen LogP contribution in [0, 0.1) is 0 Å². The molecule has 0 aliphatic heterocycles. The van der Waals surface area contributed by atoms with Crippen molar-refractivity contribution < 1.29 is 14.7 Å². The number of hydrogen-bond donors (Lipinski definition) is 6. The van der Waals surface area contributed by atoms with E-state index in [0.717, 1.165) is 11.9 Å². The van der Waals surface area contributed by atoms with Crippen molar-refractivity contribution in [2.75, 3.05) is 0 Å². The van der Waals surface area contributed by atoms with Crippen molar-refractivity contribution in [1.29, 1.82) is 0 Å². The number of carboxylic acids is 1. The summed E-state index contributed by atoms with van der Waals surface area (Å²) in [7, 11) is 0. The van der Waals surface area contributed by atoms with Crippen molar-refractivity contribution in [3.05, 3.63) is 35.4 Å². The molecule has 0 radical (unpaired) electrons. The molecule has 1 rings (SSSR count). The van der Waals surface area contributed by atoms with Crippen LogP contribution in [0.1, 0.15) is 44.2 Å². The van der Waals surface area contributed by atoms with E-state index in [1.165, 1.54) is 0 Å². The summed E-state index contributed by atoms with van der Waals surface area (Å²) < 4.78 is 0. The maximum Gasteiger partial charge on any atom is 0.303 e. The van der Waals surface area contributed by atoms with E-state index in [2.05, 4.69) is 27.2 Å². The van der Waals surface area contributed by atoms with Gasteiger partial charge in [0.15, 0.2) is 5.84 Å². The Balaban J connectivity index is 0. The van der Waals surface area contributed by atoms with Crippen LogP contribution < -0.4 is 28.5 Å². The molecular formula is C16H29N7O3. The molecule has 26 heavy (non-hydrogen) atoms. The lowest BCUT2D eigenvalue weighted by Crippen LogP contribution is -2.22. The van der Waals surface area contributed by atoms with E-state index in [0.29, 0.717) is 18.5 Å². The molecule has 0 unspecified atom stereocenters. The molecule has 0 aromatic heterocycles. The number of carboxylic acid groups (broad SMARTS) is 1. The predicted octanol–water partition coefficient (Wildman–Crippen LogP) is 0.0100. The summed E-state index contributed by atoms with van der Waals surface area (Å²) in [4.78, 5) is 21.9. The molecule has 10 heteroatoms. The van der Waals surface area contributed by atoms with E-state index in [1.807, 2.05) is 13.8 Å². The van der Waals surface area contributed by atoms with Crippen molar-refractivity contribution in [3.8, 4) is 0 Å². The molecule has 0 aliphatic rings. The Hall–Kier alpha value is -2.98. The number of nitrogens with two attached hydrogens (primary N) is 4. The maximum atomic E-state index is 11.5. The van der Waals surface area contributed by atoms with Crippen LogP contribution in [0.4, 0.5) is 0 Å². The van der Waals surface area contributed by atoms with E-state index < -0.39 is 5.97 Å². The first-order chi connectivity index (χ1) is 12.5. The molecule has 0 saturated carbocycles. The van der Waals surface area contributed by atoms with Gasteiger partial charge in [-0.15, -0.1) is 10.2 Å². The SMILES string of the molecule is CC.N/C=N\N=C(/N)c1ccc(CNC(=O)CCCC(=O)O)cc1.NN. The van der Waals surface area contributed by atoms with Crippen molar-refractivity contribution in [2.45, 2.75) is 39.7 Å². The summed E-state index contributed by atoms with van der Waals surface area (Å²) in [6.07, 6.45) is 1.56. The Morgan fingerprint density at radius 3 is 2.23 bits per heavy atom. The molecule has 1 aromatic carbocycles. The number of hydrazine groups is 1. The van der Waals surface area contributed by atoms with Crippen molar-refractivity contribution in [1.82, 2.24) is 5.32 Å². The average Bonchev–Trinajstić information content (AvgIpc) is 2.67. The van der Waals surface area contributed by atoms with Crippen LogP contribution in [-0.2, 0) is 16.1 Å². The van der Waals surface area contributed by atoms with Gasteiger partial charge in [-0.1, -0.05) is 38.1 Å². The lowest BCUT2D eigenvalue weighted by atomic mass is 10.1. The molecule has 0 spiro atoms. The van der Waals surface area contributed by atoms with Crippen LogP contribution in [-0.4, -0.2) is 29.2 Å². The van der Waals surface area contributed by atoms with E-state index in [1.54, 1.807) is 24.3 Å². The second kappa shape index (κ2) is 16.9. The van der Waals surface area contributed by atoms with E-state index in [-0.39, 0.29) is 24.6 Å². The maximum absolute atomic E-state index is 11.5. The van der Waals surface area contributed by atoms with Crippen LogP contribution in [0.2, 0.25) is 0 Å². The third kappa shape index (κ3) is 12.4. The van der Waals surface area contributed by atoms with Gasteiger partial charge in [0.25, 0.3) is 0 Å². The number of carbonyl (C=O) groups is 2. The van der Waals surface area contributed by atoms with E-state index in [4.69, 9.17) is 16.6 Å². The number of hydrogen-bond acceptors (Lipinski definition) is 6. The fraction of sp³-hybridized carbons (Fsp3) is 0.375. The van der Waals surface area contributed by atoms with Crippen molar-refractivity contribution in [3.63, 3.8) is 0 Å². The minimum atomic E-state index is -0.901. The Kier molecular flexibility index (Phi) is 16.4. The van der Waals surface area contributed by atoms with Gasteiger partial charge in [0.2, 0.25) is 5.91 Å². The van der Waals surface area contributed by atoms with E-state index >= 15 is 0 Å². The third-order valence-corrected chi connectivity index (χ3v) is 2.77. The number of aliphatic carboxylic acids is 1. The highest BCUT2D eigenvalue weighted by atomic mass is 16.4. The van der Waals surface area contributed by atoms with Crippen LogP contribution in [0.15, 0.2) is 34.5 Å². The lowest BCUT2D eigenvalue weighted by Gasteiger charge is -2.06. The number of amides is 1. The zero-order valence-electron chi connectivity index (χ0n) is 15.2. The van der Waals surface area contributed by atoms with Gasteiger partial charge in [0.1, 0.15) is 6.34 Å². The highest BCUT2D eigenvalue weighted by Crippen LogP contribution is 2.05.